The Morgan fingerprint density at radius 2 is 2.27 bits per heavy atom. The second-order valence-corrected chi connectivity index (χ2v) is 7.78. The molecule has 0 radical (unpaired) electrons. The van der Waals surface area contributed by atoms with E-state index < -0.39 is 9.84 Å². The van der Waals surface area contributed by atoms with Gasteiger partial charge in [0.05, 0.1) is 42.5 Å². The normalized spacial score (nSPS) is 21.1. The fraction of sp³-hybridized carbons (Fsp3) is 0.615. The maximum Gasteiger partial charge on any atom is 0.184 e. The van der Waals surface area contributed by atoms with Gasteiger partial charge in [-0.15, -0.1) is 0 Å². The summed E-state index contributed by atoms with van der Waals surface area (Å²) in [6, 6.07) is -0.146. The summed E-state index contributed by atoms with van der Waals surface area (Å²) in [5, 5.41) is 17.5. The summed E-state index contributed by atoms with van der Waals surface area (Å²) in [5.74, 6) is 1.62. The molecule has 1 aliphatic heterocycles. The summed E-state index contributed by atoms with van der Waals surface area (Å²) >= 11 is 0. The minimum absolute atomic E-state index is 0.0158. The number of aliphatic hydroxyl groups excluding tert-OH is 1. The minimum Gasteiger partial charge on any atom is -0.394 e. The molecule has 22 heavy (non-hydrogen) atoms. The SMILES string of the molecule is Cc1nc(-c2cnn(CCO)c2)nn1C1CCCS(=O)(=O)C1. The van der Waals surface area contributed by atoms with Gasteiger partial charge in [-0.3, -0.25) is 4.68 Å². The third-order valence-electron chi connectivity index (χ3n) is 3.81. The number of nitrogens with zero attached hydrogens (tertiary/aromatic N) is 5. The lowest BCUT2D eigenvalue weighted by Crippen LogP contribution is -2.28. The fourth-order valence-electron chi connectivity index (χ4n) is 2.76. The molecule has 1 N–H and O–H groups in total. The average Bonchev–Trinajstić information content (AvgIpc) is 3.05. The van der Waals surface area contributed by atoms with E-state index in [-0.39, 0.29) is 24.2 Å². The molecule has 3 rings (SSSR count). The zero-order chi connectivity index (χ0) is 15.7. The van der Waals surface area contributed by atoms with Gasteiger partial charge in [-0.05, 0) is 19.8 Å². The van der Waals surface area contributed by atoms with Crippen molar-refractivity contribution in [2.75, 3.05) is 18.1 Å². The monoisotopic (exact) mass is 325 g/mol. The van der Waals surface area contributed by atoms with Gasteiger partial charge in [-0.1, -0.05) is 0 Å². The van der Waals surface area contributed by atoms with E-state index >= 15 is 0 Å². The van der Waals surface area contributed by atoms with Crippen molar-refractivity contribution in [3.63, 3.8) is 0 Å². The van der Waals surface area contributed by atoms with Crippen molar-refractivity contribution in [3.05, 3.63) is 18.2 Å². The highest BCUT2D eigenvalue weighted by atomic mass is 32.2. The summed E-state index contributed by atoms with van der Waals surface area (Å²) in [6.07, 6.45) is 4.88. The van der Waals surface area contributed by atoms with Crippen LogP contribution in [0.2, 0.25) is 0 Å². The third kappa shape index (κ3) is 3.05. The highest BCUT2D eigenvalue weighted by Crippen LogP contribution is 2.25. The zero-order valence-electron chi connectivity index (χ0n) is 12.4. The molecule has 8 nitrogen and oxygen atoms in total. The quantitative estimate of drug-likeness (QED) is 0.861. The summed E-state index contributed by atoms with van der Waals surface area (Å²) in [4.78, 5) is 4.42. The first-order valence-electron chi connectivity index (χ1n) is 7.26. The Labute approximate surface area is 128 Å². The Balaban J connectivity index is 1.87. The summed E-state index contributed by atoms with van der Waals surface area (Å²) in [5.41, 5.74) is 0.758. The van der Waals surface area contributed by atoms with E-state index in [1.807, 2.05) is 6.92 Å². The molecule has 0 amide bonds. The molecule has 1 aliphatic rings. The van der Waals surface area contributed by atoms with Crippen LogP contribution < -0.4 is 0 Å². The van der Waals surface area contributed by atoms with Crippen molar-refractivity contribution in [2.24, 2.45) is 0 Å². The molecule has 0 aromatic carbocycles. The Morgan fingerprint density at radius 1 is 1.45 bits per heavy atom. The van der Waals surface area contributed by atoms with E-state index in [2.05, 4.69) is 15.2 Å². The van der Waals surface area contributed by atoms with Gasteiger partial charge in [-0.2, -0.15) is 10.2 Å². The van der Waals surface area contributed by atoms with Crippen molar-refractivity contribution in [1.29, 1.82) is 0 Å². The molecule has 0 bridgehead atoms. The lowest BCUT2D eigenvalue weighted by atomic mass is 10.2. The van der Waals surface area contributed by atoms with Crippen LogP contribution in [0.25, 0.3) is 11.4 Å². The Kier molecular flexibility index (Phi) is 4.00. The molecule has 9 heteroatoms. The van der Waals surface area contributed by atoms with Crippen LogP contribution in [0.15, 0.2) is 12.4 Å². The van der Waals surface area contributed by atoms with Crippen LogP contribution in [0, 0.1) is 6.92 Å². The summed E-state index contributed by atoms with van der Waals surface area (Å²) in [6.45, 7) is 2.26. The predicted molar refractivity (Wildman–Crippen MR) is 80.0 cm³/mol. The van der Waals surface area contributed by atoms with E-state index in [1.54, 1.807) is 21.8 Å². The second kappa shape index (κ2) is 5.81. The molecule has 0 aliphatic carbocycles. The number of hydrogen-bond donors (Lipinski definition) is 1. The minimum atomic E-state index is -2.99. The van der Waals surface area contributed by atoms with Gasteiger partial charge >= 0.3 is 0 Å². The smallest absolute Gasteiger partial charge is 0.184 e. The van der Waals surface area contributed by atoms with Gasteiger partial charge < -0.3 is 5.11 Å². The second-order valence-electron chi connectivity index (χ2n) is 5.55. The van der Waals surface area contributed by atoms with Crippen LogP contribution in [-0.2, 0) is 16.4 Å². The van der Waals surface area contributed by atoms with Gasteiger partial charge in [0.15, 0.2) is 15.7 Å². The number of aromatic nitrogens is 5. The largest absolute Gasteiger partial charge is 0.394 e. The van der Waals surface area contributed by atoms with Gasteiger partial charge in [0.25, 0.3) is 0 Å². The van der Waals surface area contributed by atoms with Gasteiger partial charge in [0.2, 0.25) is 0 Å². The van der Waals surface area contributed by atoms with Crippen molar-refractivity contribution in [3.8, 4) is 11.4 Å². The molecule has 2 aromatic heterocycles. The molecule has 2 aromatic rings. The first-order chi connectivity index (χ1) is 10.5. The molecular formula is C13H19N5O3S. The highest BCUT2D eigenvalue weighted by molar-refractivity contribution is 7.91. The van der Waals surface area contributed by atoms with Crippen molar-refractivity contribution < 1.29 is 13.5 Å². The Hall–Kier alpha value is -1.74. The number of sulfone groups is 1. The number of hydrogen-bond acceptors (Lipinski definition) is 6. The third-order valence-corrected chi connectivity index (χ3v) is 5.61. The maximum atomic E-state index is 11.8. The van der Waals surface area contributed by atoms with E-state index in [1.165, 1.54) is 0 Å². The highest BCUT2D eigenvalue weighted by Gasteiger charge is 2.28. The topological polar surface area (TPSA) is 103 Å². The fourth-order valence-corrected chi connectivity index (χ4v) is 4.43. The summed E-state index contributed by atoms with van der Waals surface area (Å²) < 4.78 is 26.9. The molecule has 1 saturated heterocycles. The van der Waals surface area contributed by atoms with Gasteiger partial charge in [0, 0.05) is 6.20 Å². The van der Waals surface area contributed by atoms with Crippen LogP contribution in [0.4, 0.5) is 0 Å². The predicted octanol–water partition coefficient (Wildman–Crippen LogP) is 0.192. The van der Waals surface area contributed by atoms with Crippen LogP contribution in [0.3, 0.4) is 0 Å². The zero-order valence-corrected chi connectivity index (χ0v) is 13.2. The molecule has 1 fully saturated rings. The van der Waals surface area contributed by atoms with Crippen LogP contribution in [-0.4, -0.2) is 56.2 Å². The molecule has 1 unspecified atom stereocenters. The maximum absolute atomic E-state index is 11.8. The van der Waals surface area contributed by atoms with Crippen LogP contribution >= 0.6 is 0 Å². The van der Waals surface area contributed by atoms with E-state index in [0.29, 0.717) is 24.6 Å². The molecule has 1 atom stereocenters. The van der Waals surface area contributed by atoms with Crippen molar-refractivity contribution in [2.45, 2.75) is 32.4 Å². The van der Waals surface area contributed by atoms with Crippen molar-refractivity contribution >= 4 is 9.84 Å². The van der Waals surface area contributed by atoms with Crippen LogP contribution in [0.5, 0.6) is 0 Å². The molecule has 0 spiro atoms. The lowest BCUT2D eigenvalue weighted by molar-refractivity contribution is 0.269. The number of aliphatic hydroxyl groups is 1. The lowest BCUT2D eigenvalue weighted by Gasteiger charge is -2.22. The van der Waals surface area contributed by atoms with E-state index in [0.717, 1.165) is 12.0 Å². The van der Waals surface area contributed by atoms with E-state index in [4.69, 9.17) is 5.11 Å². The van der Waals surface area contributed by atoms with Gasteiger partial charge in [-0.25, -0.2) is 18.1 Å². The molecular weight excluding hydrogens is 306 g/mol. The van der Waals surface area contributed by atoms with Crippen molar-refractivity contribution in [1.82, 2.24) is 24.5 Å². The molecule has 3 heterocycles. The Bertz CT molecular complexity index is 764. The van der Waals surface area contributed by atoms with Gasteiger partial charge in [0.1, 0.15) is 5.82 Å². The number of rotatable bonds is 4. The molecule has 0 saturated carbocycles. The first kappa shape index (κ1) is 15.2. The molecule has 120 valence electrons. The standard InChI is InChI=1S/C13H19N5O3S/c1-10-15-13(11-7-14-17(8-11)4-5-19)16-18(10)12-3-2-6-22(20,21)9-12/h7-8,12,19H,2-6,9H2,1H3. The Morgan fingerprint density at radius 3 is 3.00 bits per heavy atom. The first-order valence-corrected chi connectivity index (χ1v) is 9.08. The summed E-state index contributed by atoms with van der Waals surface area (Å²) in [7, 11) is -2.99. The van der Waals surface area contributed by atoms with Crippen LogP contribution in [0.1, 0.15) is 24.7 Å². The van der Waals surface area contributed by atoms with E-state index in [9.17, 15) is 8.42 Å². The number of aryl methyl sites for hydroxylation is 1. The average molecular weight is 325 g/mol.